The van der Waals surface area contributed by atoms with Gasteiger partial charge in [-0.3, -0.25) is 0 Å². The second-order valence-corrected chi connectivity index (χ2v) is 7.50. The summed E-state index contributed by atoms with van der Waals surface area (Å²) in [6, 6.07) is 0. The van der Waals surface area contributed by atoms with Gasteiger partial charge in [0.15, 0.2) is 0 Å². The van der Waals surface area contributed by atoms with Gasteiger partial charge in [-0.2, -0.15) is 11.8 Å². The zero-order valence-corrected chi connectivity index (χ0v) is 9.46. The number of thioether (sulfide) groups is 1. The molecule has 0 radical (unpaired) electrons. The van der Waals surface area contributed by atoms with E-state index in [0.29, 0.717) is 12.3 Å². The molecular formula is C7H17NO2S2. The minimum atomic E-state index is -2.82. The topological polar surface area (TPSA) is 60.2 Å². The van der Waals surface area contributed by atoms with Crippen molar-refractivity contribution in [1.29, 1.82) is 0 Å². The van der Waals surface area contributed by atoms with E-state index in [-0.39, 0.29) is 10.5 Å². The first kappa shape index (κ1) is 12.3. The number of hydrogen-bond acceptors (Lipinski definition) is 4. The molecule has 0 aliphatic carbocycles. The predicted molar refractivity (Wildman–Crippen MR) is 55.3 cm³/mol. The van der Waals surface area contributed by atoms with E-state index >= 15 is 0 Å². The molecule has 0 heterocycles. The highest BCUT2D eigenvalue weighted by atomic mass is 32.2. The largest absolute Gasteiger partial charge is 0.329 e. The molecule has 0 bridgehead atoms. The molecule has 0 aliphatic rings. The van der Waals surface area contributed by atoms with Gasteiger partial charge in [0, 0.05) is 23.3 Å². The first-order chi connectivity index (χ1) is 5.27. The normalized spacial score (nSPS) is 13.3. The summed E-state index contributed by atoms with van der Waals surface area (Å²) in [5.41, 5.74) is 5.49. The van der Waals surface area contributed by atoms with Crippen LogP contribution in [0.5, 0.6) is 0 Å². The van der Waals surface area contributed by atoms with E-state index in [2.05, 4.69) is 0 Å². The van der Waals surface area contributed by atoms with E-state index in [1.165, 1.54) is 6.26 Å². The Bertz CT molecular complexity index is 222. The van der Waals surface area contributed by atoms with Gasteiger partial charge in [-0.25, -0.2) is 8.42 Å². The maximum Gasteiger partial charge on any atom is 0.148 e. The number of rotatable bonds is 5. The lowest BCUT2D eigenvalue weighted by atomic mass is 10.2. The summed E-state index contributed by atoms with van der Waals surface area (Å²) in [5, 5.41) is 0. The molecule has 0 atom stereocenters. The molecule has 0 rings (SSSR count). The van der Waals surface area contributed by atoms with Crippen LogP contribution in [-0.2, 0) is 9.84 Å². The van der Waals surface area contributed by atoms with Crippen molar-refractivity contribution in [2.45, 2.75) is 18.6 Å². The summed E-state index contributed by atoms with van der Waals surface area (Å²) in [7, 11) is -2.82. The predicted octanol–water partition coefficient (Wildman–Crippen LogP) is 0.502. The van der Waals surface area contributed by atoms with Crippen LogP contribution in [0.3, 0.4) is 0 Å². The van der Waals surface area contributed by atoms with Gasteiger partial charge in [0.1, 0.15) is 9.84 Å². The monoisotopic (exact) mass is 211 g/mol. The fourth-order valence-electron chi connectivity index (χ4n) is 0.528. The Morgan fingerprint density at radius 3 is 2.25 bits per heavy atom. The van der Waals surface area contributed by atoms with Crippen molar-refractivity contribution in [3.8, 4) is 0 Å². The Hall–Kier alpha value is 0.260. The Labute approximate surface area is 79.0 Å². The lowest BCUT2D eigenvalue weighted by Gasteiger charge is -2.20. The summed E-state index contributed by atoms with van der Waals surface area (Å²) >= 11 is 1.60. The lowest BCUT2D eigenvalue weighted by Crippen LogP contribution is -2.28. The molecule has 0 aromatic heterocycles. The van der Waals surface area contributed by atoms with Gasteiger partial charge < -0.3 is 5.73 Å². The molecule has 0 spiro atoms. The van der Waals surface area contributed by atoms with Crippen LogP contribution in [0.25, 0.3) is 0 Å². The molecule has 0 saturated heterocycles. The fourth-order valence-corrected chi connectivity index (χ4v) is 2.74. The number of nitrogens with two attached hydrogens (primary N) is 1. The number of sulfone groups is 1. The average molecular weight is 211 g/mol. The summed E-state index contributed by atoms with van der Waals surface area (Å²) < 4.78 is 21.5. The van der Waals surface area contributed by atoms with Crippen molar-refractivity contribution >= 4 is 21.6 Å². The molecule has 2 N–H and O–H groups in total. The molecule has 0 aliphatic heterocycles. The SMILES string of the molecule is CC(C)(CN)SCCS(C)(=O)=O. The maximum absolute atomic E-state index is 10.8. The van der Waals surface area contributed by atoms with Gasteiger partial charge in [-0.05, 0) is 13.8 Å². The smallest absolute Gasteiger partial charge is 0.148 e. The first-order valence-electron chi connectivity index (χ1n) is 3.78. The zero-order valence-electron chi connectivity index (χ0n) is 7.83. The fraction of sp³-hybridized carbons (Fsp3) is 1.00. The van der Waals surface area contributed by atoms with E-state index in [4.69, 9.17) is 5.73 Å². The van der Waals surface area contributed by atoms with Crippen LogP contribution in [-0.4, -0.2) is 37.5 Å². The Morgan fingerprint density at radius 2 is 1.92 bits per heavy atom. The van der Waals surface area contributed by atoms with Gasteiger partial charge in [-0.1, -0.05) is 0 Å². The zero-order chi connectivity index (χ0) is 9.83. The Morgan fingerprint density at radius 1 is 1.42 bits per heavy atom. The minimum Gasteiger partial charge on any atom is -0.329 e. The van der Waals surface area contributed by atoms with Crippen LogP contribution in [0, 0.1) is 0 Å². The molecule has 0 unspecified atom stereocenters. The van der Waals surface area contributed by atoms with E-state index in [0.717, 1.165) is 0 Å². The molecule has 3 nitrogen and oxygen atoms in total. The van der Waals surface area contributed by atoms with Crippen molar-refractivity contribution in [2.24, 2.45) is 5.73 Å². The number of hydrogen-bond donors (Lipinski definition) is 1. The van der Waals surface area contributed by atoms with Gasteiger partial charge in [0.05, 0.1) is 5.75 Å². The third kappa shape index (κ3) is 6.94. The molecule has 0 fully saturated rings. The molecule has 0 aromatic carbocycles. The molecule has 12 heavy (non-hydrogen) atoms. The van der Waals surface area contributed by atoms with Crippen molar-refractivity contribution in [3.63, 3.8) is 0 Å². The van der Waals surface area contributed by atoms with E-state index in [9.17, 15) is 8.42 Å². The van der Waals surface area contributed by atoms with Crippen LogP contribution in [0.4, 0.5) is 0 Å². The second-order valence-electron chi connectivity index (χ2n) is 3.44. The maximum atomic E-state index is 10.8. The molecular weight excluding hydrogens is 194 g/mol. The Balaban J connectivity index is 3.72. The third-order valence-electron chi connectivity index (χ3n) is 1.44. The summed E-state index contributed by atoms with van der Waals surface area (Å²) in [6.45, 7) is 4.60. The van der Waals surface area contributed by atoms with Crippen LogP contribution in [0.15, 0.2) is 0 Å². The van der Waals surface area contributed by atoms with Crippen LogP contribution in [0.1, 0.15) is 13.8 Å². The van der Waals surface area contributed by atoms with Crippen LogP contribution >= 0.6 is 11.8 Å². The summed E-state index contributed by atoms with van der Waals surface area (Å²) in [6.07, 6.45) is 1.25. The highest BCUT2D eigenvalue weighted by molar-refractivity contribution is 8.01. The molecule has 0 aromatic rings. The van der Waals surface area contributed by atoms with Crippen LogP contribution < -0.4 is 5.73 Å². The quantitative estimate of drug-likeness (QED) is 0.719. The second kappa shape index (κ2) is 4.48. The first-order valence-corrected chi connectivity index (χ1v) is 6.83. The van der Waals surface area contributed by atoms with Crippen molar-refractivity contribution in [3.05, 3.63) is 0 Å². The third-order valence-corrected chi connectivity index (χ3v) is 4.00. The van der Waals surface area contributed by atoms with Gasteiger partial charge in [0.2, 0.25) is 0 Å². The molecule has 5 heteroatoms. The van der Waals surface area contributed by atoms with Crippen molar-refractivity contribution in [2.75, 3.05) is 24.3 Å². The highest BCUT2D eigenvalue weighted by Crippen LogP contribution is 2.22. The van der Waals surface area contributed by atoms with E-state index in [1.807, 2.05) is 13.8 Å². The molecule has 0 saturated carbocycles. The Kier molecular flexibility index (Phi) is 4.58. The summed E-state index contributed by atoms with van der Waals surface area (Å²) in [4.78, 5) is 0. The van der Waals surface area contributed by atoms with E-state index in [1.54, 1.807) is 11.8 Å². The van der Waals surface area contributed by atoms with Crippen molar-refractivity contribution < 1.29 is 8.42 Å². The average Bonchev–Trinajstić information content (AvgIpc) is 1.84. The molecule has 74 valence electrons. The minimum absolute atomic E-state index is 0.00924. The summed E-state index contributed by atoms with van der Waals surface area (Å²) in [5.74, 6) is 0.865. The standard InChI is InChI=1S/C7H17NO2S2/c1-7(2,6-8)11-4-5-12(3,9)10/h4-6,8H2,1-3H3. The van der Waals surface area contributed by atoms with Crippen molar-refractivity contribution in [1.82, 2.24) is 0 Å². The van der Waals surface area contributed by atoms with Gasteiger partial charge >= 0.3 is 0 Å². The highest BCUT2D eigenvalue weighted by Gasteiger charge is 2.16. The molecule has 0 amide bonds. The van der Waals surface area contributed by atoms with Gasteiger partial charge in [0.25, 0.3) is 0 Å². The lowest BCUT2D eigenvalue weighted by molar-refractivity contribution is 0.603. The van der Waals surface area contributed by atoms with Gasteiger partial charge in [-0.15, -0.1) is 0 Å². The van der Waals surface area contributed by atoms with Crippen LogP contribution in [0.2, 0.25) is 0 Å². The van der Waals surface area contributed by atoms with E-state index < -0.39 is 9.84 Å².